The SMILES string of the molecule is CCC[C@@H](c1ccc(Cl)cc1C(F)(F)F)N1CCNCC1.Cl. The van der Waals surface area contributed by atoms with Crippen molar-refractivity contribution in [2.24, 2.45) is 0 Å². The van der Waals surface area contributed by atoms with Gasteiger partial charge in [0.1, 0.15) is 0 Å². The Bertz CT molecular complexity index is 474. The summed E-state index contributed by atoms with van der Waals surface area (Å²) >= 11 is 5.77. The van der Waals surface area contributed by atoms with Crippen molar-refractivity contribution in [1.29, 1.82) is 0 Å². The molecule has 0 spiro atoms. The summed E-state index contributed by atoms with van der Waals surface area (Å²) in [4.78, 5) is 2.14. The second-order valence-corrected chi connectivity index (χ2v) is 5.76. The molecule has 1 aliphatic heterocycles. The van der Waals surface area contributed by atoms with Gasteiger partial charge in [0.25, 0.3) is 0 Å². The number of nitrogens with one attached hydrogen (secondary N) is 1. The first-order chi connectivity index (χ1) is 9.93. The molecule has 0 unspecified atom stereocenters. The summed E-state index contributed by atoms with van der Waals surface area (Å²) in [5.41, 5.74) is -0.261. The van der Waals surface area contributed by atoms with E-state index >= 15 is 0 Å². The average molecular weight is 357 g/mol. The van der Waals surface area contributed by atoms with Crippen LogP contribution in [0.2, 0.25) is 5.02 Å². The smallest absolute Gasteiger partial charge is 0.314 e. The largest absolute Gasteiger partial charge is 0.416 e. The number of alkyl halides is 3. The van der Waals surface area contributed by atoms with E-state index in [9.17, 15) is 13.2 Å². The Balaban J connectivity index is 0.00000242. The van der Waals surface area contributed by atoms with Gasteiger partial charge < -0.3 is 5.32 Å². The average Bonchev–Trinajstić information content (AvgIpc) is 2.45. The second kappa shape index (κ2) is 8.39. The predicted octanol–water partition coefficient (Wildman–Crippen LogP) is 4.53. The molecule has 0 aliphatic carbocycles. The van der Waals surface area contributed by atoms with Crippen molar-refractivity contribution in [2.45, 2.75) is 32.0 Å². The van der Waals surface area contributed by atoms with Gasteiger partial charge in [0, 0.05) is 37.2 Å². The Kier molecular flexibility index (Phi) is 7.46. The molecule has 1 atom stereocenters. The molecular formula is C15H21Cl2F3N2. The Morgan fingerprint density at radius 3 is 2.45 bits per heavy atom. The number of nitrogens with zero attached hydrogens (tertiary/aromatic N) is 1. The molecule has 0 radical (unpaired) electrons. The molecule has 1 fully saturated rings. The minimum atomic E-state index is -4.37. The number of halogens is 5. The van der Waals surface area contributed by atoms with Crippen LogP contribution in [-0.4, -0.2) is 31.1 Å². The third kappa shape index (κ3) is 4.75. The maximum atomic E-state index is 13.3. The molecule has 1 heterocycles. The Morgan fingerprint density at radius 2 is 1.91 bits per heavy atom. The summed E-state index contributed by atoms with van der Waals surface area (Å²) in [6, 6.07) is 3.93. The van der Waals surface area contributed by atoms with Crippen LogP contribution in [0, 0.1) is 0 Å². The van der Waals surface area contributed by atoms with E-state index in [4.69, 9.17) is 11.6 Å². The van der Waals surface area contributed by atoms with E-state index in [1.807, 2.05) is 6.92 Å². The van der Waals surface area contributed by atoms with Crippen LogP contribution in [0.3, 0.4) is 0 Å². The van der Waals surface area contributed by atoms with Crippen molar-refractivity contribution in [1.82, 2.24) is 10.2 Å². The molecule has 1 saturated heterocycles. The van der Waals surface area contributed by atoms with Crippen LogP contribution in [0.15, 0.2) is 18.2 Å². The summed E-state index contributed by atoms with van der Waals surface area (Å²) < 4.78 is 39.9. The van der Waals surface area contributed by atoms with Crippen LogP contribution in [0.5, 0.6) is 0 Å². The third-order valence-electron chi connectivity index (χ3n) is 3.83. The minimum Gasteiger partial charge on any atom is -0.314 e. The van der Waals surface area contributed by atoms with E-state index in [0.717, 1.165) is 38.7 Å². The van der Waals surface area contributed by atoms with Crippen LogP contribution in [0.1, 0.15) is 36.9 Å². The normalized spacial score (nSPS) is 17.9. The van der Waals surface area contributed by atoms with E-state index in [2.05, 4.69) is 10.2 Å². The lowest BCUT2D eigenvalue weighted by atomic mass is 9.94. The van der Waals surface area contributed by atoms with Gasteiger partial charge in [-0.3, -0.25) is 4.90 Å². The van der Waals surface area contributed by atoms with Crippen LogP contribution >= 0.6 is 24.0 Å². The van der Waals surface area contributed by atoms with Gasteiger partial charge in [0.05, 0.1) is 5.56 Å². The summed E-state index contributed by atoms with van der Waals surface area (Å²) in [5, 5.41) is 3.36. The quantitative estimate of drug-likeness (QED) is 0.852. The molecule has 2 nitrogen and oxygen atoms in total. The van der Waals surface area contributed by atoms with Crippen LogP contribution in [-0.2, 0) is 6.18 Å². The second-order valence-electron chi connectivity index (χ2n) is 5.32. The molecule has 0 amide bonds. The van der Waals surface area contributed by atoms with E-state index in [1.165, 1.54) is 6.07 Å². The zero-order chi connectivity index (χ0) is 15.5. The standard InChI is InChI=1S/C15H20ClF3N2.ClH/c1-2-3-14(21-8-6-20-7-9-21)12-5-4-11(16)10-13(12)15(17,18)19;/h4-5,10,14,20H,2-3,6-9H2,1H3;1H/t14-;/m0./s1. The van der Waals surface area contributed by atoms with Gasteiger partial charge in [-0.1, -0.05) is 31.0 Å². The molecule has 1 aliphatic rings. The Labute approximate surface area is 140 Å². The summed E-state index contributed by atoms with van der Waals surface area (Å²) in [6.45, 7) is 5.16. The summed E-state index contributed by atoms with van der Waals surface area (Å²) in [5.74, 6) is 0. The maximum absolute atomic E-state index is 13.3. The number of benzene rings is 1. The van der Waals surface area contributed by atoms with Gasteiger partial charge in [0.15, 0.2) is 0 Å². The molecule has 126 valence electrons. The molecule has 7 heteroatoms. The Morgan fingerprint density at radius 1 is 1.27 bits per heavy atom. The highest BCUT2D eigenvalue weighted by atomic mass is 35.5. The van der Waals surface area contributed by atoms with E-state index < -0.39 is 11.7 Å². The van der Waals surface area contributed by atoms with Crippen molar-refractivity contribution in [3.63, 3.8) is 0 Å². The predicted molar refractivity (Wildman–Crippen MR) is 85.8 cm³/mol. The third-order valence-corrected chi connectivity index (χ3v) is 4.07. The first kappa shape index (κ1) is 19.6. The fourth-order valence-corrected chi connectivity index (χ4v) is 3.04. The molecule has 0 bridgehead atoms. The van der Waals surface area contributed by atoms with Gasteiger partial charge in [-0.05, 0) is 24.1 Å². The van der Waals surface area contributed by atoms with E-state index in [-0.39, 0.29) is 23.5 Å². The topological polar surface area (TPSA) is 15.3 Å². The number of rotatable bonds is 4. The van der Waals surface area contributed by atoms with E-state index in [1.54, 1.807) is 6.07 Å². The zero-order valence-electron chi connectivity index (χ0n) is 12.4. The van der Waals surface area contributed by atoms with E-state index in [0.29, 0.717) is 12.0 Å². The monoisotopic (exact) mass is 356 g/mol. The molecular weight excluding hydrogens is 336 g/mol. The van der Waals surface area contributed by atoms with Gasteiger partial charge in [-0.25, -0.2) is 0 Å². The first-order valence-electron chi connectivity index (χ1n) is 7.25. The van der Waals surface area contributed by atoms with Crippen molar-refractivity contribution < 1.29 is 13.2 Å². The highest BCUT2D eigenvalue weighted by Crippen LogP contribution is 2.39. The molecule has 1 N–H and O–H groups in total. The fourth-order valence-electron chi connectivity index (χ4n) is 2.87. The molecule has 22 heavy (non-hydrogen) atoms. The lowest BCUT2D eigenvalue weighted by Gasteiger charge is -2.36. The molecule has 0 aromatic heterocycles. The van der Waals surface area contributed by atoms with Gasteiger partial charge in [0.2, 0.25) is 0 Å². The van der Waals surface area contributed by atoms with Crippen LogP contribution in [0.4, 0.5) is 13.2 Å². The lowest BCUT2D eigenvalue weighted by Crippen LogP contribution is -2.45. The summed E-state index contributed by atoms with van der Waals surface area (Å²) in [6.07, 6.45) is -2.82. The van der Waals surface area contributed by atoms with Gasteiger partial charge >= 0.3 is 6.18 Å². The maximum Gasteiger partial charge on any atom is 0.416 e. The molecule has 1 aromatic carbocycles. The van der Waals surface area contributed by atoms with Crippen molar-refractivity contribution >= 4 is 24.0 Å². The van der Waals surface area contributed by atoms with Gasteiger partial charge in [-0.15, -0.1) is 12.4 Å². The first-order valence-corrected chi connectivity index (χ1v) is 7.62. The van der Waals surface area contributed by atoms with Crippen molar-refractivity contribution in [3.8, 4) is 0 Å². The van der Waals surface area contributed by atoms with Crippen LogP contribution in [0.25, 0.3) is 0 Å². The zero-order valence-corrected chi connectivity index (χ0v) is 14.0. The number of hydrogen-bond donors (Lipinski definition) is 1. The molecule has 0 saturated carbocycles. The molecule has 2 rings (SSSR count). The number of hydrogen-bond acceptors (Lipinski definition) is 2. The van der Waals surface area contributed by atoms with Crippen molar-refractivity contribution in [2.75, 3.05) is 26.2 Å². The Hall–Kier alpha value is -0.490. The highest BCUT2D eigenvalue weighted by Gasteiger charge is 2.36. The molecule has 1 aromatic rings. The highest BCUT2D eigenvalue weighted by molar-refractivity contribution is 6.30. The van der Waals surface area contributed by atoms with Crippen molar-refractivity contribution in [3.05, 3.63) is 34.3 Å². The van der Waals surface area contributed by atoms with Crippen LogP contribution < -0.4 is 5.32 Å². The summed E-state index contributed by atoms with van der Waals surface area (Å²) in [7, 11) is 0. The number of piperazine rings is 1. The fraction of sp³-hybridized carbons (Fsp3) is 0.600. The lowest BCUT2D eigenvalue weighted by molar-refractivity contribution is -0.138. The minimum absolute atomic E-state index is 0. The van der Waals surface area contributed by atoms with Gasteiger partial charge in [-0.2, -0.15) is 13.2 Å².